The highest BCUT2D eigenvalue weighted by molar-refractivity contribution is 4.84. The molecule has 0 unspecified atom stereocenters. The first-order valence-corrected chi connectivity index (χ1v) is 4.13. The summed E-state index contributed by atoms with van der Waals surface area (Å²) >= 11 is 0. The van der Waals surface area contributed by atoms with Crippen LogP contribution in [0.15, 0.2) is 11.8 Å². The van der Waals surface area contributed by atoms with Crippen molar-refractivity contribution in [2.24, 2.45) is 0 Å². The minimum atomic E-state index is 0.455. The van der Waals surface area contributed by atoms with Gasteiger partial charge in [0.2, 0.25) is 0 Å². The van der Waals surface area contributed by atoms with Gasteiger partial charge in [-0.3, -0.25) is 0 Å². The summed E-state index contributed by atoms with van der Waals surface area (Å²) in [6.45, 7) is 3.92. The third kappa shape index (κ3) is 7.54. The van der Waals surface area contributed by atoms with E-state index in [1.54, 1.807) is 6.92 Å². The van der Waals surface area contributed by atoms with E-state index in [1.165, 1.54) is 25.7 Å². The Hall–Kier alpha value is -0.460. The molecule has 0 amide bonds. The lowest BCUT2D eigenvalue weighted by Gasteiger charge is -1.94. The molecular weight excluding hydrogens is 124 g/mol. The zero-order valence-corrected chi connectivity index (χ0v) is 7.06. The number of hydrogen-bond donors (Lipinski definition) is 1. The maximum atomic E-state index is 8.77. The second-order valence-corrected chi connectivity index (χ2v) is 2.69. The molecule has 1 heteroatoms. The Labute approximate surface area is 63.8 Å². The summed E-state index contributed by atoms with van der Waals surface area (Å²) < 4.78 is 0. The van der Waals surface area contributed by atoms with Gasteiger partial charge in [-0.15, -0.1) is 0 Å². The molecular formula is C9H18O. The van der Waals surface area contributed by atoms with Crippen molar-refractivity contribution in [3.05, 3.63) is 11.8 Å². The zero-order chi connectivity index (χ0) is 7.82. The zero-order valence-electron chi connectivity index (χ0n) is 7.06. The van der Waals surface area contributed by atoms with E-state index in [4.69, 9.17) is 5.11 Å². The molecule has 0 aliphatic carbocycles. The first-order valence-electron chi connectivity index (χ1n) is 4.13. The molecule has 10 heavy (non-hydrogen) atoms. The minimum Gasteiger partial charge on any atom is -0.513 e. The average Bonchev–Trinajstić information content (AvgIpc) is 1.87. The van der Waals surface area contributed by atoms with Crippen LogP contribution in [0.4, 0.5) is 0 Å². The van der Waals surface area contributed by atoms with Gasteiger partial charge in [-0.05, 0) is 25.8 Å². The summed E-state index contributed by atoms with van der Waals surface area (Å²) in [5, 5.41) is 8.77. The largest absolute Gasteiger partial charge is 0.513 e. The third-order valence-electron chi connectivity index (χ3n) is 1.50. The lowest BCUT2D eigenvalue weighted by molar-refractivity contribution is 0.410. The molecule has 0 spiro atoms. The summed E-state index contributed by atoms with van der Waals surface area (Å²) in [4.78, 5) is 0. The standard InChI is InChI=1S/C9H18O/c1-3-4-5-6-7-8-9(2)10/h8,10H,3-7H2,1-2H3/b9-8-. The van der Waals surface area contributed by atoms with E-state index in [0.29, 0.717) is 5.76 Å². The van der Waals surface area contributed by atoms with Gasteiger partial charge in [0.1, 0.15) is 0 Å². The lowest BCUT2D eigenvalue weighted by atomic mass is 10.1. The van der Waals surface area contributed by atoms with E-state index in [-0.39, 0.29) is 0 Å². The van der Waals surface area contributed by atoms with Crippen molar-refractivity contribution in [3.8, 4) is 0 Å². The fraction of sp³-hybridized carbons (Fsp3) is 0.778. The van der Waals surface area contributed by atoms with Crippen molar-refractivity contribution < 1.29 is 5.11 Å². The Morgan fingerprint density at radius 3 is 2.50 bits per heavy atom. The van der Waals surface area contributed by atoms with Gasteiger partial charge in [0.05, 0.1) is 5.76 Å². The van der Waals surface area contributed by atoms with Crippen molar-refractivity contribution in [3.63, 3.8) is 0 Å². The predicted molar refractivity (Wildman–Crippen MR) is 45.1 cm³/mol. The Balaban J connectivity index is 2.98. The van der Waals surface area contributed by atoms with E-state index in [0.717, 1.165) is 6.42 Å². The molecule has 0 fully saturated rings. The van der Waals surface area contributed by atoms with E-state index in [2.05, 4.69) is 6.92 Å². The Kier molecular flexibility index (Phi) is 6.35. The smallest absolute Gasteiger partial charge is 0.0851 e. The Bertz CT molecular complexity index is 90.9. The number of aliphatic hydroxyl groups excluding tert-OH is 1. The first-order chi connectivity index (χ1) is 4.77. The monoisotopic (exact) mass is 142 g/mol. The van der Waals surface area contributed by atoms with E-state index in [9.17, 15) is 0 Å². The highest BCUT2D eigenvalue weighted by Gasteiger charge is 1.85. The molecule has 1 nitrogen and oxygen atoms in total. The molecule has 0 heterocycles. The van der Waals surface area contributed by atoms with E-state index in [1.807, 2.05) is 6.08 Å². The van der Waals surface area contributed by atoms with Crippen LogP contribution >= 0.6 is 0 Å². The van der Waals surface area contributed by atoms with Gasteiger partial charge in [-0.1, -0.05) is 26.2 Å². The average molecular weight is 142 g/mol. The topological polar surface area (TPSA) is 20.2 Å². The van der Waals surface area contributed by atoms with Gasteiger partial charge in [0, 0.05) is 0 Å². The van der Waals surface area contributed by atoms with Gasteiger partial charge in [-0.2, -0.15) is 0 Å². The second-order valence-electron chi connectivity index (χ2n) is 2.69. The van der Waals surface area contributed by atoms with Gasteiger partial charge < -0.3 is 5.11 Å². The van der Waals surface area contributed by atoms with Crippen molar-refractivity contribution in [1.82, 2.24) is 0 Å². The quantitative estimate of drug-likeness (QED) is 0.460. The molecule has 0 aliphatic heterocycles. The molecule has 0 aromatic carbocycles. The van der Waals surface area contributed by atoms with Crippen LogP contribution < -0.4 is 0 Å². The number of aliphatic hydroxyl groups is 1. The fourth-order valence-corrected chi connectivity index (χ4v) is 0.882. The van der Waals surface area contributed by atoms with Crippen LogP contribution in [-0.2, 0) is 0 Å². The molecule has 0 aromatic heterocycles. The van der Waals surface area contributed by atoms with Crippen LogP contribution in [0.25, 0.3) is 0 Å². The number of hydrogen-bond acceptors (Lipinski definition) is 1. The van der Waals surface area contributed by atoms with Gasteiger partial charge in [-0.25, -0.2) is 0 Å². The molecule has 0 bridgehead atoms. The van der Waals surface area contributed by atoms with Crippen LogP contribution in [0, 0.1) is 0 Å². The highest BCUT2D eigenvalue weighted by atomic mass is 16.3. The normalized spacial score (nSPS) is 12.0. The maximum absolute atomic E-state index is 8.77. The summed E-state index contributed by atoms with van der Waals surface area (Å²) in [6, 6.07) is 0. The van der Waals surface area contributed by atoms with E-state index < -0.39 is 0 Å². The van der Waals surface area contributed by atoms with Crippen LogP contribution in [0.3, 0.4) is 0 Å². The fourth-order valence-electron chi connectivity index (χ4n) is 0.882. The Morgan fingerprint density at radius 1 is 1.30 bits per heavy atom. The molecule has 0 saturated heterocycles. The van der Waals surface area contributed by atoms with Gasteiger partial charge in [0.25, 0.3) is 0 Å². The molecule has 0 saturated carbocycles. The van der Waals surface area contributed by atoms with E-state index >= 15 is 0 Å². The maximum Gasteiger partial charge on any atom is 0.0851 e. The Morgan fingerprint density at radius 2 is 2.00 bits per heavy atom. The second kappa shape index (κ2) is 6.66. The summed E-state index contributed by atoms with van der Waals surface area (Å²) in [7, 11) is 0. The van der Waals surface area contributed by atoms with Crippen molar-refractivity contribution in [2.45, 2.75) is 46.0 Å². The van der Waals surface area contributed by atoms with Crippen LogP contribution in [0.2, 0.25) is 0 Å². The third-order valence-corrected chi connectivity index (χ3v) is 1.50. The lowest BCUT2D eigenvalue weighted by Crippen LogP contribution is -1.75. The molecule has 0 aliphatic rings. The highest BCUT2D eigenvalue weighted by Crippen LogP contribution is 2.03. The van der Waals surface area contributed by atoms with Crippen LogP contribution in [0.5, 0.6) is 0 Å². The minimum absolute atomic E-state index is 0.455. The predicted octanol–water partition coefficient (Wildman–Crippen LogP) is 3.42. The molecule has 1 N–H and O–H groups in total. The van der Waals surface area contributed by atoms with Gasteiger partial charge in [0.15, 0.2) is 0 Å². The van der Waals surface area contributed by atoms with Crippen molar-refractivity contribution in [2.75, 3.05) is 0 Å². The molecule has 0 rings (SSSR count). The van der Waals surface area contributed by atoms with Crippen LogP contribution in [-0.4, -0.2) is 5.11 Å². The SMILES string of the molecule is CCCCCC/C=C(/C)O. The number of unbranched alkanes of at least 4 members (excludes halogenated alkanes) is 4. The first kappa shape index (κ1) is 9.54. The number of rotatable bonds is 5. The van der Waals surface area contributed by atoms with Crippen molar-refractivity contribution in [1.29, 1.82) is 0 Å². The summed E-state index contributed by atoms with van der Waals surface area (Å²) in [6.07, 6.45) is 8.02. The molecule has 0 atom stereocenters. The van der Waals surface area contributed by atoms with Crippen molar-refractivity contribution >= 4 is 0 Å². The molecule has 0 aromatic rings. The van der Waals surface area contributed by atoms with Gasteiger partial charge >= 0.3 is 0 Å². The molecule has 0 radical (unpaired) electrons. The number of allylic oxidation sites excluding steroid dienone is 2. The summed E-state index contributed by atoms with van der Waals surface area (Å²) in [5.74, 6) is 0.455. The summed E-state index contributed by atoms with van der Waals surface area (Å²) in [5.41, 5.74) is 0. The van der Waals surface area contributed by atoms with Crippen LogP contribution in [0.1, 0.15) is 46.0 Å². The molecule has 60 valence electrons.